The molecule has 1 unspecified atom stereocenters. The molecule has 6 amide bonds. The van der Waals surface area contributed by atoms with Crippen molar-refractivity contribution in [3.05, 3.63) is 101 Å². The zero-order chi connectivity index (χ0) is 49.5. The Balaban J connectivity index is 0.947. The molecule has 68 heavy (non-hydrogen) atoms. The van der Waals surface area contributed by atoms with Crippen LogP contribution in [0.5, 0.6) is 0 Å². The van der Waals surface area contributed by atoms with Crippen molar-refractivity contribution in [2.75, 3.05) is 25.0 Å². The number of aliphatic hydroxyl groups is 2. The number of aliphatic hydroxyl groups excluding tert-OH is 2. The molecule has 0 spiro atoms. The second kappa shape index (κ2) is 18.9. The first kappa shape index (κ1) is 49.4. The van der Waals surface area contributed by atoms with Crippen LogP contribution in [0.1, 0.15) is 81.3 Å². The van der Waals surface area contributed by atoms with Gasteiger partial charge in [0.05, 0.1) is 12.6 Å². The molecular weight excluding hydrogens is 885 g/mol. The largest absolute Gasteiger partial charge is 0.390 e. The van der Waals surface area contributed by atoms with Crippen LogP contribution in [0, 0.1) is 28.1 Å². The lowest BCUT2D eigenvalue weighted by atomic mass is 9.42. The molecule has 2 aromatic carbocycles. The van der Waals surface area contributed by atoms with Crippen molar-refractivity contribution in [1.82, 2.24) is 20.9 Å². The van der Waals surface area contributed by atoms with E-state index in [0.717, 1.165) is 34.3 Å². The number of carbonyl (C=O) groups is 9. The minimum Gasteiger partial charge on any atom is -0.390 e. The first-order valence-electron chi connectivity index (χ1n) is 22.6. The van der Waals surface area contributed by atoms with Gasteiger partial charge in [-0.1, -0.05) is 49.4 Å². The maximum atomic E-state index is 17.7. The summed E-state index contributed by atoms with van der Waals surface area (Å²) >= 11 is 0. The van der Waals surface area contributed by atoms with E-state index in [2.05, 4.69) is 21.3 Å². The number of imide groups is 1. The number of halogens is 2. The summed E-state index contributed by atoms with van der Waals surface area (Å²) in [4.78, 5) is 116. The van der Waals surface area contributed by atoms with Crippen LogP contribution in [0.4, 0.5) is 14.5 Å². The molecule has 5 aliphatic rings. The number of anilines is 1. The van der Waals surface area contributed by atoms with Crippen LogP contribution >= 0.6 is 0 Å². The van der Waals surface area contributed by atoms with Crippen molar-refractivity contribution >= 4 is 58.5 Å². The number of ketones is 3. The van der Waals surface area contributed by atoms with Gasteiger partial charge < -0.3 is 31.5 Å². The summed E-state index contributed by atoms with van der Waals surface area (Å²) < 4.78 is 33.7. The summed E-state index contributed by atoms with van der Waals surface area (Å²) in [6.45, 7) is 4.39. The summed E-state index contributed by atoms with van der Waals surface area (Å²) in [6.07, 6.45) is 2.00. The zero-order valence-corrected chi connectivity index (χ0v) is 38.1. The normalized spacial score (nSPS) is 30.0. The number of carbonyl (C=O) groups excluding carboxylic acids is 9. The average Bonchev–Trinajstić information content (AvgIpc) is 3.79. The summed E-state index contributed by atoms with van der Waals surface area (Å²) in [7, 11) is 0. The number of Topliss-reactive ketones (excluding diaryl/α,β-unsaturated/α-hetero) is 2. The number of nitrogens with one attached hydrogen (secondary N) is 4. The molecule has 1 heterocycles. The second-order valence-corrected chi connectivity index (χ2v) is 19.0. The third-order valence-corrected chi connectivity index (χ3v) is 15.1. The van der Waals surface area contributed by atoms with Crippen LogP contribution in [0.15, 0.2) is 84.5 Å². The summed E-state index contributed by atoms with van der Waals surface area (Å²) in [5, 5.41) is 32.2. The van der Waals surface area contributed by atoms with E-state index in [4.69, 9.17) is 0 Å². The number of alkyl halides is 2. The van der Waals surface area contributed by atoms with Gasteiger partial charge in [0, 0.05) is 47.7 Å². The number of amides is 6. The van der Waals surface area contributed by atoms with Gasteiger partial charge >= 0.3 is 0 Å². The molecule has 3 saturated carbocycles. The first-order valence-corrected chi connectivity index (χ1v) is 22.6. The molecule has 10 atom stereocenters. The van der Waals surface area contributed by atoms with Crippen LogP contribution < -0.4 is 21.3 Å². The molecule has 1 aliphatic heterocycles. The second-order valence-electron chi connectivity index (χ2n) is 19.0. The van der Waals surface area contributed by atoms with E-state index in [-0.39, 0.29) is 49.8 Å². The minimum atomic E-state index is -2.40. The van der Waals surface area contributed by atoms with Gasteiger partial charge in [-0.05, 0) is 105 Å². The number of hydrogen-bond acceptors (Lipinski definition) is 11. The van der Waals surface area contributed by atoms with Crippen molar-refractivity contribution in [3.63, 3.8) is 0 Å². The van der Waals surface area contributed by atoms with Crippen molar-refractivity contribution in [2.24, 2.45) is 28.1 Å². The summed E-state index contributed by atoms with van der Waals surface area (Å²) in [5.41, 5.74) is -5.14. The lowest BCUT2D eigenvalue weighted by molar-refractivity contribution is -0.207. The highest BCUT2D eigenvalue weighted by atomic mass is 19.1. The van der Waals surface area contributed by atoms with E-state index in [1.54, 1.807) is 49.4 Å². The SMILES string of the molecule is C[C@H](NC(=O)CNC(=O)CCN1C(=O)C=CC1=O)C(=O)N[C@@H](C)C(=O)Nc1cccc(Cc2ccc(C(=O)[C@]3(C(=O)CO)CCC4[C@H]5C[C@@H](F)C6=CC(=O)C=C[C@@]6(C)[C@]5(F)[C@H](O)C[C@]43C)cc2)c1. The fourth-order valence-electron chi connectivity index (χ4n) is 11.5. The van der Waals surface area contributed by atoms with E-state index >= 15 is 8.78 Å². The maximum Gasteiger partial charge on any atom is 0.253 e. The van der Waals surface area contributed by atoms with Gasteiger partial charge in [-0.2, -0.15) is 0 Å². The van der Waals surface area contributed by atoms with Crippen LogP contribution in [0.3, 0.4) is 0 Å². The fourth-order valence-corrected chi connectivity index (χ4v) is 11.5. The summed E-state index contributed by atoms with van der Waals surface area (Å²) in [6, 6.07) is 11.3. The molecule has 3 fully saturated rings. The first-order chi connectivity index (χ1) is 32.1. The molecule has 16 nitrogen and oxygen atoms in total. The van der Waals surface area contributed by atoms with Crippen molar-refractivity contribution in [2.45, 2.75) is 96.2 Å². The van der Waals surface area contributed by atoms with Gasteiger partial charge in [-0.15, -0.1) is 0 Å². The molecule has 4 aliphatic carbocycles. The zero-order valence-electron chi connectivity index (χ0n) is 38.1. The maximum absolute atomic E-state index is 17.7. The fraction of sp³-hybridized carbons (Fsp3) is 0.460. The Bertz CT molecular complexity index is 2540. The Morgan fingerprint density at radius 2 is 1.54 bits per heavy atom. The van der Waals surface area contributed by atoms with Gasteiger partial charge in [0.2, 0.25) is 23.6 Å². The third kappa shape index (κ3) is 8.63. The quantitative estimate of drug-likeness (QED) is 0.0812. The number of nitrogens with zero attached hydrogens (tertiary/aromatic N) is 1. The molecular formula is C50H55F2N5O11. The molecule has 18 heteroatoms. The molecule has 0 aromatic heterocycles. The van der Waals surface area contributed by atoms with Crippen LogP contribution in [-0.4, -0.2) is 118 Å². The average molecular weight is 940 g/mol. The van der Waals surface area contributed by atoms with Crippen LogP contribution in [0.25, 0.3) is 0 Å². The van der Waals surface area contributed by atoms with Gasteiger partial charge in [-0.25, -0.2) is 8.78 Å². The highest BCUT2D eigenvalue weighted by Gasteiger charge is 2.76. The molecule has 2 aromatic rings. The Hall–Kier alpha value is -6.53. The Labute approximate surface area is 391 Å². The number of allylic oxidation sites excluding steroid dienone is 4. The van der Waals surface area contributed by atoms with E-state index in [9.17, 15) is 53.4 Å². The molecule has 0 bridgehead atoms. The van der Waals surface area contributed by atoms with Crippen molar-refractivity contribution in [3.8, 4) is 0 Å². The summed E-state index contributed by atoms with van der Waals surface area (Å²) in [5.74, 6) is -7.20. The monoisotopic (exact) mass is 939 g/mol. The smallest absolute Gasteiger partial charge is 0.253 e. The van der Waals surface area contributed by atoms with E-state index < -0.39 is 124 Å². The molecule has 0 saturated heterocycles. The highest BCUT2D eigenvalue weighted by Crippen LogP contribution is 2.72. The van der Waals surface area contributed by atoms with E-state index in [1.807, 2.05) is 6.07 Å². The number of fused-ring (bicyclic) bond motifs is 5. The molecule has 7 rings (SSSR count). The molecule has 6 N–H and O–H groups in total. The molecule has 360 valence electrons. The Morgan fingerprint density at radius 3 is 2.22 bits per heavy atom. The Kier molecular flexibility index (Phi) is 13.7. The Morgan fingerprint density at radius 1 is 0.868 bits per heavy atom. The van der Waals surface area contributed by atoms with Gasteiger partial charge in [0.1, 0.15) is 30.3 Å². The van der Waals surface area contributed by atoms with Gasteiger partial charge in [-0.3, -0.25) is 48.1 Å². The van der Waals surface area contributed by atoms with Crippen molar-refractivity contribution in [1.29, 1.82) is 0 Å². The standard InChI is InChI=1S/C50H55F2N5O11/c1-27(54-41(63)25-53-40(62)16-19-57-42(64)12-13-43(57)65)45(67)55-28(2)46(68)56-32-7-5-6-30(21-32)20-29-8-10-31(11-9-29)44(66)49(39(61)26-58)18-15-34-35-23-37(51)36-22-33(59)14-17-47(36,3)50(35,52)38(60)24-48(34,49)4/h5-14,17,21-22,27-28,34-35,37-38,58,60H,15-16,18-20,23-26H2,1-4H3,(H,53,62)(H,54,63)(H,55,67)(H,56,68)/t27-,28-,34?,35+,37+,38+,47+,48+,49+,50+/m0/s1. The topological polar surface area (TPSA) is 245 Å². The number of hydrogen-bond donors (Lipinski definition) is 6. The van der Waals surface area contributed by atoms with Gasteiger partial charge in [0.15, 0.2) is 23.0 Å². The number of benzene rings is 2. The number of rotatable bonds is 16. The lowest BCUT2D eigenvalue weighted by Crippen LogP contribution is -2.70. The molecule has 0 radical (unpaired) electrons. The lowest BCUT2D eigenvalue weighted by Gasteiger charge is -2.63. The third-order valence-electron chi connectivity index (χ3n) is 15.1. The highest BCUT2D eigenvalue weighted by molar-refractivity contribution is 6.16. The van der Waals surface area contributed by atoms with Crippen LogP contribution in [0.2, 0.25) is 0 Å². The van der Waals surface area contributed by atoms with E-state index in [1.165, 1.54) is 32.9 Å². The van der Waals surface area contributed by atoms with Crippen molar-refractivity contribution < 1.29 is 62.1 Å². The van der Waals surface area contributed by atoms with Crippen LogP contribution in [-0.2, 0) is 44.8 Å². The predicted molar refractivity (Wildman–Crippen MR) is 241 cm³/mol. The predicted octanol–water partition coefficient (Wildman–Crippen LogP) is 2.71. The van der Waals surface area contributed by atoms with E-state index in [0.29, 0.717) is 12.1 Å². The minimum absolute atomic E-state index is 0.0316. The van der Waals surface area contributed by atoms with Gasteiger partial charge in [0.25, 0.3) is 11.8 Å².